The van der Waals surface area contributed by atoms with Gasteiger partial charge in [-0.3, -0.25) is 4.57 Å². The number of aryl methyl sites for hydroxylation is 1. The maximum atomic E-state index is 13.5. The zero-order valence-electron chi connectivity index (χ0n) is 17.8. The van der Waals surface area contributed by atoms with Crippen LogP contribution in [0.1, 0.15) is 28.7 Å². The predicted octanol–water partition coefficient (Wildman–Crippen LogP) is 5.13. The van der Waals surface area contributed by atoms with Crippen LogP contribution in [0.15, 0.2) is 48.5 Å². The number of hydrogen-bond donors (Lipinski definition) is 2. The van der Waals surface area contributed by atoms with E-state index in [1.54, 1.807) is 0 Å². The third-order valence-electron chi connectivity index (χ3n) is 4.90. The van der Waals surface area contributed by atoms with Gasteiger partial charge < -0.3 is 20.1 Å². The van der Waals surface area contributed by atoms with E-state index >= 15 is 0 Å². The average molecular weight is 511 g/mol. The molecule has 0 amide bonds. The van der Waals surface area contributed by atoms with Gasteiger partial charge in [-0.1, -0.05) is 24.3 Å². The van der Waals surface area contributed by atoms with E-state index < -0.39 is 50.1 Å². The van der Waals surface area contributed by atoms with Gasteiger partial charge in [0.05, 0.1) is 29.9 Å². The summed E-state index contributed by atoms with van der Waals surface area (Å²) in [7, 11) is -1.53. The largest absolute Gasteiger partial charge is 0.489 e. The summed E-state index contributed by atoms with van der Waals surface area (Å²) in [6, 6.07) is 7.81. The van der Waals surface area contributed by atoms with Crippen LogP contribution >= 0.6 is 8.69 Å². The van der Waals surface area contributed by atoms with Gasteiger partial charge in [-0.15, -0.1) is 0 Å². The van der Waals surface area contributed by atoms with Gasteiger partial charge >= 0.3 is 12.4 Å². The first-order valence-electron chi connectivity index (χ1n) is 10.00. The first-order chi connectivity index (χ1) is 15.9. The van der Waals surface area contributed by atoms with Gasteiger partial charge in [0.1, 0.15) is 12.4 Å². The van der Waals surface area contributed by atoms with E-state index in [1.807, 2.05) is 0 Å². The molecule has 0 aromatic heterocycles. The normalized spacial score (nSPS) is 14.7. The molecule has 188 valence electrons. The van der Waals surface area contributed by atoms with E-state index in [2.05, 4.69) is 0 Å². The summed E-state index contributed by atoms with van der Waals surface area (Å²) in [5, 5.41) is 9.42. The molecule has 34 heavy (non-hydrogen) atoms. The third kappa shape index (κ3) is 8.47. The Morgan fingerprint density at radius 1 is 1.00 bits per heavy atom. The van der Waals surface area contributed by atoms with Gasteiger partial charge in [0.25, 0.3) is 0 Å². The van der Waals surface area contributed by atoms with E-state index in [0.29, 0.717) is 11.1 Å². The van der Waals surface area contributed by atoms with Crippen molar-refractivity contribution in [3.05, 3.63) is 70.8 Å². The molecule has 0 saturated heterocycles. The fourth-order valence-corrected chi connectivity index (χ4v) is 3.38. The molecule has 0 heterocycles. The number of aliphatic hydroxyl groups excluding tert-OH is 1. The summed E-state index contributed by atoms with van der Waals surface area (Å²) in [6.07, 6.45) is -6.14. The van der Waals surface area contributed by atoms with E-state index in [1.165, 1.54) is 36.4 Å². The minimum atomic E-state index is -4.70. The SMILES string of the molecule is NC(CO)(CCc1ccc(OCC=Cc2ccc(C(F)(F)F)cc2)c(C(F)(F)F)c1)CO[PH2]=O. The molecule has 0 bridgehead atoms. The van der Waals surface area contributed by atoms with Gasteiger partial charge in [-0.2, -0.15) is 26.3 Å². The van der Waals surface area contributed by atoms with E-state index in [9.17, 15) is 36.0 Å². The van der Waals surface area contributed by atoms with Crippen LogP contribution in [-0.4, -0.2) is 30.5 Å². The van der Waals surface area contributed by atoms with Crippen LogP contribution in [0.3, 0.4) is 0 Å². The summed E-state index contributed by atoms with van der Waals surface area (Å²) in [6.45, 7) is -0.930. The molecule has 0 fully saturated rings. The third-order valence-corrected chi connectivity index (χ3v) is 5.20. The van der Waals surface area contributed by atoms with Crippen LogP contribution in [-0.2, 0) is 27.9 Å². The Labute approximate surface area is 193 Å². The smallest absolute Gasteiger partial charge is 0.419 e. The zero-order valence-corrected chi connectivity index (χ0v) is 19.0. The summed E-state index contributed by atoms with van der Waals surface area (Å²) in [4.78, 5) is 0. The molecule has 2 atom stereocenters. The Morgan fingerprint density at radius 3 is 2.24 bits per heavy atom. The Kier molecular flexibility index (Phi) is 9.75. The standard InChI is InChI=1S/C22H24F6NO4P/c23-21(24,25)17-6-3-15(4-7-17)2-1-11-32-19-8-5-16(12-18(19)22(26,27)28)9-10-20(29,13-30)14-33-34-31/h1-8,12,30H,9-11,13-14,29,34H2. The highest BCUT2D eigenvalue weighted by molar-refractivity contribution is 7.17. The van der Waals surface area contributed by atoms with E-state index in [4.69, 9.17) is 15.0 Å². The number of alkyl halides is 6. The van der Waals surface area contributed by atoms with Gasteiger partial charge in [-0.25, -0.2) is 0 Å². The second kappa shape index (κ2) is 11.9. The molecule has 2 aromatic carbocycles. The van der Waals surface area contributed by atoms with Crippen molar-refractivity contribution in [2.24, 2.45) is 5.73 Å². The summed E-state index contributed by atoms with van der Waals surface area (Å²) < 4.78 is 98.9. The molecule has 2 aromatic rings. The number of aliphatic hydroxyl groups is 1. The second-order valence-corrected chi connectivity index (χ2v) is 8.11. The van der Waals surface area contributed by atoms with Crippen LogP contribution in [0.2, 0.25) is 0 Å². The fourth-order valence-electron chi connectivity index (χ4n) is 2.98. The van der Waals surface area contributed by atoms with Crippen molar-refractivity contribution < 1.29 is 45.3 Å². The number of hydrogen-bond acceptors (Lipinski definition) is 5. The molecule has 0 aliphatic heterocycles. The molecular weight excluding hydrogens is 487 g/mol. The number of nitrogens with two attached hydrogens (primary N) is 1. The summed E-state index contributed by atoms with van der Waals surface area (Å²) in [5.74, 6) is -0.409. The molecule has 0 radical (unpaired) electrons. The first-order valence-corrected chi connectivity index (χ1v) is 10.9. The molecule has 0 aliphatic rings. The van der Waals surface area contributed by atoms with Crippen molar-refractivity contribution in [1.82, 2.24) is 0 Å². The van der Waals surface area contributed by atoms with E-state index in [-0.39, 0.29) is 26.1 Å². The van der Waals surface area contributed by atoms with Crippen LogP contribution < -0.4 is 10.5 Å². The summed E-state index contributed by atoms with van der Waals surface area (Å²) >= 11 is 0. The van der Waals surface area contributed by atoms with Gasteiger partial charge in [-0.05, 0) is 54.3 Å². The minimum absolute atomic E-state index is 0.0936. The molecule has 2 unspecified atom stereocenters. The topological polar surface area (TPSA) is 81.8 Å². The lowest BCUT2D eigenvalue weighted by molar-refractivity contribution is -0.139. The predicted molar refractivity (Wildman–Crippen MR) is 116 cm³/mol. The van der Waals surface area contributed by atoms with Crippen molar-refractivity contribution in [2.75, 3.05) is 19.8 Å². The maximum Gasteiger partial charge on any atom is 0.419 e. The molecular formula is C22H24F6NO4P. The van der Waals surface area contributed by atoms with Crippen molar-refractivity contribution in [3.63, 3.8) is 0 Å². The minimum Gasteiger partial charge on any atom is -0.489 e. The van der Waals surface area contributed by atoms with Gasteiger partial charge in [0, 0.05) is 0 Å². The fraction of sp³-hybridized carbons (Fsp3) is 0.364. The Bertz CT molecular complexity index is 979. The Morgan fingerprint density at radius 2 is 1.68 bits per heavy atom. The lowest BCUT2D eigenvalue weighted by Gasteiger charge is -2.26. The highest BCUT2D eigenvalue weighted by Crippen LogP contribution is 2.37. The summed E-state index contributed by atoms with van der Waals surface area (Å²) in [5.41, 5.74) is 3.62. The highest BCUT2D eigenvalue weighted by Gasteiger charge is 2.35. The van der Waals surface area contributed by atoms with Crippen LogP contribution in [0.4, 0.5) is 26.3 Å². The lowest BCUT2D eigenvalue weighted by atomic mass is 9.93. The van der Waals surface area contributed by atoms with Crippen molar-refractivity contribution in [2.45, 2.75) is 30.7 Å². The van der Waals surface area contributed by atoms with Crippen molar-refractivity contribution in [3.8, 4) is 5.75 Å². The molecule has 5 nitrogen and oxygen atoms in total. The number of ether oxygens (including phenoxy) is 1. The Hall–Kier alpha value is -2.33. The Balaban J connectivity index is 2.06. The highest BCUT2D eigenvalue weighted by atomic mass is 31.1. The van der Waals surface area contributed by atoms with Gasteiger partial charge in [0.2, 0.25) is 0 Å². The maximum absolute atomic E-state index is 13.5. The van der Waals surface area contributed by atoms with Crippen LogP contribution in [0.25, 0.3) is 6.08 Å². The quantitative estimate of drug-likeness (QED) is 0.323. The van der Waals surface area contributed by atoms with Gasteiger partial charge in [0.15, 0.2) is 8.69 Å². The number of benzene rings is 2. The van der Waals surface area contributed by atoms with Crippen molar-refractivity contribution in [1.29, 1.82) is 0 Å². The molecule has 2 rings (SSSR count). The monoisotopic (exact) mass is 511 g/mol. The first kappa shape index (κ1) is 27.9. The second-order valence-electron chi connectivity index (χ2n) is 7.59. The lowest BCUT2D eigenvalue weighted by Crippen LogP contribution is -2.47. The van der Waals surface area contributed by atoms with E-state index in [0.717, 1.165) is 18.2 Å². The zero-order chi connectivity index (χ0) is 25.4. The molecule has 3 N–H and O–H groups in total. The van der Waals surface area contributed by atoms with Crippen molar-refractivity contribution >= 4 is 14.8 Å². The van der Waals surface area contributed by atoms with Crippen LogP contribution in [0.5, 0.6) is 5.75 Å². The molecule has 0 aliphatic carbocycles. The average Bonchev–Trinajstić information content (AvgIpc) is 2.78. The number of rotatable bonds is 11. The molecule has 0 saturated carbocycles. The molecule has 0 spiro atoms. The number of halogens is 6. The van der Waals surface area contributed by atoms with Crippen LogP contribution in [0, 0.1) is 0 Å². The molecule has 12 heteroatoms.